The van der Waals surface area contributed by atoms with Gasteiger partial charge in [0.15, 0.2) is 17.5 Å². The van der Waals surface area contributed by atoms with E-state index in [4.69, 9.17) is 9.47 Å². The Balaban J connectivity index is 1.40. The smallest absolute Gasteiger partial charge is 0.193 e. The maximum absolute atomic E-state index is 5.42. The summed E-state index contributed by atoms with van der Waals surface area (Å²) in [5, 5.41) is 5.76. The number of likely N-dealkylation sites (N-methyl/N-ethyl adjacent to an activating group) is 1. The molecule has 1 aromatic heterocycles. The summed E-state index contributed by atoms with van der Waals surface area (Å²) in [6.07, 6.45) is 3.40. The SMILES string of the molecule is CN=C(NCC1CCN(Cc2cccs2)CC1)N(C)CCc1ccc(OC)c(OC)c1. The van der Waals surface area contributed by atoms with Crippen LogP contribution < -0.4 is 14.8 Å². The van der Waals surface area contributed by atoms with Gasteiger partial charge in [-0.2, -0.15) is 0 Å². The van der Waals surface area contributed by atoms with Crippen LogP contribution in [0.2, 0.25) is 0 Å². The fraction of sp³-hybridized carbons (Fsp3) is 0.542. The van der Waals surface area contributed by atoms with Gasteiger partial charge in [0, 0.05) is 38.6 Å². The second kappa shape index (κ2) is 12.0. The van der Waals surface area contributed by atoms with Crippen LogP contribution in [0.5, 0.6) is 11.5 Å². The number of guanidine groups is 1. The number of nitrogens with one attached hydrogen (secondary N) is 1. The summed E-state index contributed by atoms with van der Waals surface area (Å²) in [5.41, 5.74) is 1.22. The molecule has 0 atom stereocenters. The molecule has 1 aromatic carbocycles. The summed E-state index contributed by atoms with van der Waals surface area (Å²) < 4.78 is 10.7. The standard InChI is InChI=1S/C24H36N4O2S/c1-25-24(27(2)12-9-19-7-8-22(29-3)23(16-19)30-4)26-17-20-10-13-28(14-11-20)18-21-6-5-15-31-21/h5-8,15-16,20H,9-14,17-18H2,1-4H3,(H,25,26). The lowest BCUT2D eigenvalue weighted by atomic mass is 9.97. The first-order valence-electron chi connectivity index (χ1n) is 11.0. The van der Waals surface area contributed by atoms with Crippen molar-refractivity contribution in [3.8, 4) is 11.5 Å². The number of likely N-dealkylation sites (tertiary alicyclic amines) is 1. The van der Waals surface area contributed by atoms with Crippen LogP contribution in [-0.4, -0.2) is 70.3 Å². The molecule has 1 fully saturated rings. The van der Waals surface area contributed by atoms with Gasteiger partial charge in [-0.25, -0.2) is 0 Å². The Morgan fingerprint density at radius 2 is 1.97 bits per heavy atom. The predicted molar refractivity (Wildman–Crippen MR) is 130 cm³/mol. The molecule has 2 heterocycles. The molecule has 3 rings (SSSR count). The van der Waals surface area contributed by atoms with E-state index in [1.807, 2.05) is 30.5 Å². The van der Waals surface area contributed by atoms with Crippen molar-refractivity contribution in [2.24, 2.45) is 10.9 Å². The molecule has 1 N–H and O–H groups in total. The maximum atomic E-state index is 5.42. The molecule has 0 radical (unpaired) electrons. The number of rotatable bonds is 9. The van der Waals surface area contributed by atoms with Crippen molar-refractivity contribution >= 4 is 17.3 Å². The summed E-state index contributed by atoms with van der Waals surface area (Å²) in [7, 11) is 7.29. The molecule has 0 unspecified atom stereocenters. The van der Waals surface area contributed by atoms with E-state index < -0.39 is 0 Å². The van der Waals surface area contributed by atoms with Gasteiger partial charge in [-0.1, -0.05) is 12.1 Å². The van der Waals surface area contributed by atoms with Crippen LogP contribution >= 0.6 is 11.3 Å². The summed E-state index contributed by atoms with van der Waals surface area (Å²) in [5.74, 6) is 3.20. The zero-order valence-corrected chi connectivity index (χ0v) is 20.1. The monoisotopic (exact) mass is 444 g/mol. The van der Waals surface area contributed by atoms with Crippen molar-refractivity contribution in [1.82, 2.24) is 15.1 Å². The molecule has 170 valence electrons. The van der Waals surface area contributed by atoms with E-state index in [1.54, 1.807) is 14.2 Å². The fourth-order valence-corrected chi connectivity index (χ4v) is 4.78. The van der Waals surface area contributed by atoms with Gasteiger partial charge < -0.3 is 19.7 Å². The molecular formula is C24H36N4O2S. The highest BCUT2D eigenvalue weighted by Crippen LogP contribution is 2.27. The van der Waals surface area contributed by atoms with Crippen LogP contribution in [0.1, 0.15) is 23.3 Å². The number of aliphatic imine (C=N–C) groups is 1. The summed E-state index contributed by atoms with van der Waals surface area (Å²) in [6.45, 7) is 5.32. The van der Waals surface area contributed by atoms with E-state index in [1.165, 1.54) is 36.4 Å². The van der Waals surface area contributed by atoms with Crippen LogP contribution in [0.15, 0.2) is 40.7 Å². The molecule has 6 nitrogen and oxygen atoms in total. The zero-order chi connectivity index (χ0) is 22.1. The molecule has 0 saturated carbocycles. The second-order valence-electron chi connectivity index (χ2n) is 8.09. The number of hydrogen-bond donors (Lipinski definition) is 1. The van der Waals surface area contributed by atoms with E-state index in [0.717, 1.165) is 43.5 Å². The number of hydrogen-bond acceptors (Lipinski definition) is 5. The third-order valence-corrected chi connectivity index (χ3v) is 6.83. The Morgan fingerprint density at radius 3 is 2.61 bits per heavy atom. The minimum atomic E-state index is 0.704. The Labute approximate surface area is 190 Å². The predicted octanol–water partition coefficient (Wildman–Crippen LogP) is 3.73. The summed E-state index contributed by atoms with van der Waals surface area (Å²) in [4.78, 5) is 10.7. The van der Waals surface area contributed by atoms with Crippen LogP contribution in [0, 0.1) is 5.92 Å². The van der Waals surface area contributed by atoms with E-state index in [9.17, 15) is 0 Å². The molecule has 2 aromatic rings. The Hall–Kier alpha value is -2.25. The maximum Gasteiger partial charge on any atom is 0.193 e. The van der Waals surface area contributed by atoms with E-state index in [2.05, 4.69) is 50.7 Å². The van der Waals surface area contributed by atoms with Gasteiger partial charge in [0.2, 0.25) is 0 Å². The lowest BCUT2D eigenvalue weighted by Crippen LogP contribution is -2.44. The van der Waals surface area contributed by atoms with Crippen molar-refractivity contribution in [3.63, 3.8) is 0 Å². The topological polar surface area (TPSA) is 49.3 Å². The van der Waals surface area contributed by atoms with Crippen LogP contribution in [0.3, 0.4) is 0 Å². The third-order valence-electron chi connectivity index (χ3n) is 5.97. The summed E-state index contributed by atoms with van der Waals surface area (Å²) in [6, 6.07) is 10.5. The average molecular weight is 445 g/mol. The van der Waals surface area contributed by atoms with E-state index in [-0.39, 0.29) is 0 Å². The third kappa shape index (κ3) is 6.87. The number of thiophene rings is 1. The minimum absolute atomic E-state index is 0.704. The van der Waals surface area contributed by atoms with E-state index in [0.29, 0.717) is 5.92 Å². The zero-order valence-electron chi connectivity index (χ0n) is 19.3. The normalized spacial score (nSPS) is 15.7. The highest BCUT2D eigenvalue weighted by molar-refractivity contribution is 7.09. The molecule has 1 saturated heterocycles. The highest BCUT2D eigenvalue weighted by atomic mass is 32.1. The van der Waals surface area contributed by atoms with Crippen molar-refractivity contribution < 1.29 is 9.47 Å². The molecule has 0 bridgehead atoms. The number of benzene rings is 1. The number of piperidine rings is 1. The molecule has 0 spiro atoms. The first kappa shape index (κ1) is 23.4. The van der Waals surface area contributed by atoms with Gasteiger partial charge in [0.1, 0.15) is 0 Å². The Morgan fingerprint density at radius 1 is 1.19 bits per heavy atom. The quantitative estimate of drug-likeness (QED) is 0.472. The van der Waals surface area contributed by atoms with Gasteiger partial charge in [-0.05, 0) is 67.4 Å². The molecule has 0 aliphatic carbocycles. The first-order chi connectivity index (χ1) is 15.1. The summed E-state index contributed by atoms with van der Waals surface area (Å²) >= 11 is 1.86. The average Bonchev–Trinajstić information content (AvgIpc) is 3.32. The van der Waals surface area contributed by atoms with Gasteiger partial charge in [-0.3, -0.25) is 9.89 Å². The first-order valence-corrected chi connectivity index (χ1v) is 11.9. The molecule has 1 aliphatic rings. The highest BCUT2D eigenvalue weighted by Gasteiger charge is 2.20. The molecule has 1 aliphatic heterocycles. The molecule has 0 amide bonds. The van der Waals surface area contributed by atoms with Crippen molar-refractivity contribution in [2.45, 2.75) is 25.8 Å². The van der Waals surface area contributed by atoms with Gasteiger partial charge in [0.25, 0.3) is 0 Å². The molecule has 7 heteroatoms. The number of methoxy groups -OCH3 is 2. The fourth-order valence-electron chi connectivity index (χ4n) is 4.03. The lowest BCUT2D eigenvalue weighted by Gasteiger charge is -2.32. The van der Waals surface area contributed by atoms with E-state index >= 15 is 0 Å². The van der Waals surface area contributed by atoms with Crippen LogP contribution in [0.4, 0.5) is 0 Å². The van der Waals surface area contributed by atoms with Gasteiger partial charge in [-0.15, -0.1) is 11.3 Å². The van der Waals surface area contributed by atoms with Crippen molar-refractivity contribution in [3.05, 3.63) is 46.2 Å². The molecule has 31 heavy (non-hydrogen) atoms. The molecular weight excluding hydrogens is 408 g/mol. The number of ether oxygens (including phenoxy) is 2. The lowest BCUT2D eigenvalue weighted by molar-refractivity contribution is 0.179. The minimum Gasteiger partial charge on any atom is -0.493 e. The van der Waals surface area contributed by atoms with Gasteiger partial charge in [0.05, 0.1) is 14.2 Å². The Kier molecular flexibility index (Phi) is 9.03. The largest absolute Gasteiger partial charge is 0.493 e. The number of nitrogens with zero attached hydrogens (tertiary/aromatic N) is 3. The van der Waals surface area contributed by atoms with Crippen molar-refractivity contribution in [1.29, 1.82) is 0 Å². The van der Waals surface area contributed by atoms with Gasteiger partial charge >= 0.3 is 0 Å². The van der Waals surface area contributed by atoms with Crippen LogP contribution in [-0.2, 0) is 13.0 Å². The second-order valence-corrected chi connectivity index (χ2v) is 9.12. The Bertz CT molecular complexity index is 817. The van der Waals surface area contributed by atoms with Crippen molar-refractivity contribution in [2.75, 3.05) is 54.5 Å². The van der Waals surface area contributed by atoms with Crippen LogP contribution in [0.25, 0.3) is 0 Å².